The number of hydrogen-bond acceptors (Lipinski definition) is 1. The fourth-order valence-electron chi connectivity index (χ4n) is 2.44. The Morgan fingerprint density at radius 1 is 1.12 bits per heavy atom. The number of allylic oxidation sites excluding steroid dienone is 1. The van der Waals surface area contributed by atoms with Crippen LogP contribution >= 0.6 is 0 Å². The quantitative estimate of drug-likeness (QED) is 0.752. The van der Waals surface area contributed by atoms with Crippen LogP contribution in [0, 0.1) is 6.92 Å². The first-order valence-corrected chi connectivity index (χ1v) is 6.00. The minimum Gasteiger partial charge on any atom is -0.265 e. The molecule has 2 aromatic rings. The highest BCUT2D eigenvalue weighted by Gasteiger charge is 2.17. The molecule has 0 aliphatic heterocycles. The Morgan fingerprint density at radius 3 is 2.76 bits per heavy atom. The predicted molar refractivity (Wildman–Crippen MR) is 70.9 cm³/mol. The number of benzene rings is 1. The zero-order valence-corrected chi connectivity index (χ0v) is 9.93. The van der Waals surface area contributed by atoms with Gasteiger partial charge in [0.2, 0.25) is 0 Å². The van der Waals surface area contributed by atoms with Crippen molar-refractivity contribution in [2.24, 2.45) is 0 Å². The summed E-state index contributed by atoms with van der Waals surface area (Å²) in [5.74, 6) is 0.521. The first-order valence-electron chi connectivity index (χ1n) is 6.00. The van der Waals surface area contributed by atoms with Gasteiger partial charge in [0.25, 0.3) is 0 Å². The summed E-state index contributed by atoms with van der Waals surface area (Å²) in [7, 11) is 0. The molecule has 1 atom stereocenters. The molecule has 0 spiro atoms. The number of aryl methyl sites for hydroxylation is 1. The molecule has 0 fully saturated rings. The Labute approximate surface area is 102 Å². The molecule has 1 aliphatic rings. The molecule has 0 bridgehead atoms. The minimum atomic E-state index is 0.521. The van der Waals surface area contributed by atoms with Crippen molar-refractivity contribution in [2.45, 2.75) is 19.3 Å². The van der Waals surface area contributed by atoms with Gasteiger partial charge in [-0.25, -0.2) is 0 Å². The maximum absolute atomic E-state index is 4.06. The zero-order chi connectivity index (χ0) is 11.7. The number of pyridine rings is 1. The second kappa shape index (κ2) is 4.17. The van der Waals surface area contributed by atoms with Crippen molar-refractivity contribution in [1.29, 1.82) is 0 Å². The van der Waals surface area contributed by atoms with Gasteiger partial charge in [-0.2, -0.15) is 0 Å². The Hall–Kier alpha value is -1.89. The lowest BCUT2D eigenvalue weighted by molar-refractivity contribution is 0.847. The van der Waals surface area contributed by atoms with Gasteiger partial charge in [0.1, 0.15) is 0 Å². The molecule has 1 unspecified atom stereocenters. The third kappa shape index (κ3) is 2.01. The summed E-state index contributed by atoms with van der Waals surface area (Å²) in [5.41, 5.74) is 5.52. The zero-order valence-electron chi connectivity index (χ0n) is 9.93. The van der Waals surface area contributed by atoms with Gasteiger partial charge < -0.3 is 0 Å². The third-order valence-corrected chi connectivity index (χ3v) is 3.35. The number of aromatic nitrogens is 1. The van der Waals surface area contributed by atoms with E-state index in [9.17, 15) is 0 Å². The van der Waals surface area contributed by atoms with Crippen LogP contribution in [0.4, 0.5) is 0 Å². The molecule has 1 aliphatic carbocycles. The predicted octanol–water partition coefficient (Wildman–Crippen LogP) is 3.74. The first-order chi connectivity index (χ1) is 8.33. The van der Waals surface area contributed by atoms with Crippen LogP contribution in [0.1, 0.15) is 28.2 Å². The molecule has 0 amide bonds. The molecular formula is C16H15N. The summed E-state index contributed by atoms with van der Waals surface area (Å²) in [6.45, 7) is 2.15. The van der Waals surface area contributed by atoms with Gasteiger partial charge in [0.05, 0.1) is 0 Å². The smallest absolute Gasteiger partial charge is 0.0270 e. The standard InChI is InChI=1S/C16H15N/c1-12-2-3-14-4-5-15(16(14)10-12)11-13-6-8-17-9-7-13/h2-10,15H,11H2,1H3. The fourth-order valence-corrected chi connectivity index (χ4v) is 2.44. The van der Waals surface area contributed by atoms with Gasteiger partial charge in [0, 0.05) is 18.3 Å². The maximum atomic E-state index is 4.06. The largest absolute Gasteiger partial charge is 0.265 e. The van der Waals surface area contributed by atoms with E-state index in [4.69, 9.17) is 0 Å². The summed E-state index contributed by atoms with van der Waals surface area (Å²) in [6, 6.07) is 10.9. The van der Waals surface area contributed by atoms with Gasteiger partial charge >= 0.3 is 0 Å². The molecular weight excluding hydrogens is 206 g/mol. The van der Waals surface area contributed by atoms with E-state index in [0.29, 0.717) is 5.92 Å². The number of fused-ring (bicyclic) bond motifs is 1. The summed E-state index contributed by atoms with van der Waals surface area (Å²) < 4.78 is 0. The van der Waals surface area contributed by atoms with Crippen LogP contribution in [0.3, 0.4) is 0 Å². The molecule has 1 heteroatoms. The summed E-state index contributed by atoms with van der Waals surface area (Å²) in [5, 5.41) is 0. The molecule has 0 saturated carbocycles. The monoisotopic (exact) mass is 221 g/mol. The molecule has 17 heavy (non-hydrogen) atoms. The van der Waals surface area contributed by atoms with Crippen LogP contribution in [-0.4, -0.2) is 4.98 Å². The first kappa shape index (κ1) is 10.3. The van der Waals surface area contributed by atoms with Crippen molar-refractivity contribution < 1.29 is 0 Å². The van der Waals surface area contributed by atoms with Crippen LogP contribution in [0.15, 0.2) is 48.8 Å². The SMILES string of the molecule is Cc1ccc2c(c1)C(Cc1ccncc1)C=C2. The van der Waals surface area contributed by atoms with Gasteiger partial charge in [-0.15, -0.1) is 0 Å². The van der Waals surface area contributed by atoms with E-state index in [2.05, 4.69) is 54.4 Å². The Kier molecular flexibility index (Phi) is 2.52. The van der Waals surface area contributed by atoms with E-state index in [1.807, 2.05) is 12.4 Å². The van der Waals surface area contributed by atoms with Gasteiger partial charge in [-0.05, 0) is 42.2 Å². The number of rotatable bonds is 2. The van der Waals surface area contributed by atoms with Crippen molar-refractivity contribution in [3.63, 3.8) is 0 Å². The minimum absolute atomic E-state index is 0.521. The lowest BCUT2D eigenvalue weighted by atomic mass is 9.93. The summed E-state index contributed by atoms with van der Waals surface area (Å²) in [4.78, 5) is 4.06. The molecule has 3 rings (SSSR count). The molecule has 1 aromatic carbocycles. The van der Waals surface area contributed by atoms with Crippen LogP contribution in [-0.2, 0) is 6.42 Å². The number of nitrogens with zero attached hydrogens (tertiary/aromatic N) is 1. The Bertz CT molecular complexity index is 555. The van der Waals surface area contributed by atoms with Gasteiger partial charge in [0.15, 0.2) is 0 Å². The van der Waals surface area contributed by atoms with E-state index in [1.54, 1.807) is 0 Å². The molecule has 1 heterocycles. The van der Waals surface area contributed by atoms with Crippen molar-refractivity contribution in [2.75, 3.05) is 0 Å². The van der Waals surface area contributed by atoms with E-state index < -0.39 is 0 Å². The maximum Gasteiger partial charge on any atom is 0.0270 e. The van der Waals surface area contributed by atoms with Crippen LogP contribution in [0.5, 0.6) is 0 Å². The fraction of sp³-hybridized carbons (Fsp3) is 0.188. The van der Waals surface area contributed by atoms with Gasteiger partial charge in [-0.3, -0.25) is 4.98 Å². The van der Waals surface area contributed by atoms with Crippen LogP contribution < -0.4 is 0 Å². The lowest BCUT2D eigenvalue weighted by Gasteiger charge is -2.11. The van der Waals surface area contributed by atoms with Crippen molar-refractivity contribution in [1.82, 2.24) is 4.98 Å². The average molecular weight is 221 g/mol. The highest BCUT2D eigenvalue weighted by atomic mass is 14.6. The highest BCUT2D eigenvalue weighted by Crippen LogP contribution is 2.33. The highest BCUT2D eigenvalue weighted by molar-refractivity contribution is 5.63. The molecule has 0 N–H and O–H groups in total. The number of hydrogen-bond donors (Lipinski definition) is 0. The van der Waals surface area contributed by atoms with Crippen molar-refractivity contribution in [3.05, 3.63) is 71.1 Å². The van der Waals surface area contributed by atoms with Crippen LogP contribution in [0.2, 0.25) is 0 Å². The third-order valence-electron chi connectivity index (χ3n) is 3.35. The topological polar surface area (TPSA) is 12.9 Å². The average Bonchev–Trinajstić information content (AvgIpc) is 2.73. The summed E-state index contributed by atoms with van der Waals surface area (Å²) >= 11 is 0. The Morgan fingerprint density at radius 2 is 1.94 bits per heavy atom. The molecule has 0 saturated heterocycles. The molecule has 0 radical (unpaired) electrons. The van der Waals surface area contributed by atoms with Crippen molar-refractivity contribution >= 4 is 6.08 Å². The Balaban J connectivity index is 1.89. The molecule has 84 valence electrons. The molecule has 1 aromatic heterocycles. The second-order valence-electron chi connectivity index (χ2n) is 4.66. The van der Waals surface area contributed by atoms with E-state index >= 15 is 0 Å². The van der Waals surface area contributed by atoms with E-state index in [-0.39, 0.29) is 0 Å². The lowest BCUT2D eigenvalue weighted by Crippen LogP contribution is -1.98. The van der Waals surface area contributed by atoms with E-state index in [1.165, 1.54) is 22.3 Å². The normalized spacial score (nSPS) is 17.1. The second-order valence-corrected chi connectivity index (χ2v) is 4.66. The van der Waals surface area contributed by atoms with Gasteiger partial charge in [-0.1, -0.05) is 35.9 Å². The summed E-state index contributed by atoms with van der Waals surface area (Å²) in [6.07, 6.45) is 9.34. The van der Waals surface area contributed by atoms with Crippen molar-refractivity contribution in [3.8, 4) is 0 Å². The van der Waals surface area contributed by atoms with Crippen LogP contribution in [0.25, 0.3) is 6.08 Å². The van der Waals surface area contributed by atoms with E-state index in [0.717, 1.165) is 6.42 Å². The molecule has 1 nitrogen and oxygen atoms in total.